The van der Waals surface area contributed by atoms with Crippen LogP contribution >= 0.6 is 12.2 Å². The molecule has 9 heteroatoms. The van der Waals surface area contributed by atoms with Crippen LogP contribution in [-0.4, -0.2) is 62.0 Å². The van der Waals surface area contributed by atoms with Gasteiger partial charge in [0.2, 0.25) is 0 Å². The van der Waals surface area contributed by atoms with E-state index in [0.29, 0.717) is 37.0 Å². The van der Waals surface area contributed by atoms with Crippen molar-refractivity contribution >= 4 is 39.7 Å². The van der Waals surface area contributed by atoms with E-state index in [2.05, 4.69) is 25.8 Å². The molecule has 1 aromatic carbocycles. The van der Waals surface area contributed by atoms with Crippen LogP contribution in [0.5, 0.6) is 0 Å². The van der Waals surface area contributed by atoms with Crippen molar-refractivity contribution in [2.45, 2.75) is 0 Å². The van der Waals surface area contributed by atoms with E-state index in [4.69, 9.17) is 26.3 Å². The normalized spacial score (nSPS) is 14.9. The molecule has 2 aromatic rings. The molecule has 0 amide bonds. The summed E-state index contributed by atoms with van der Waals surface area (Å²) in [5, 5.41) is 14.7. The number of anilines is 2. The minimum absolute atomic E-state index is 0.505. The van der Waals surface area contributed by atoms with Crippen LogP contribution in [0.25, 0.3) is 11.0 Å². The molecule has 0 aliphatic carbocycles. The lowest BCUT2D eigenvalue weighted by molar-refractivity contribution is 0.123. The second-order valence-corrected chi connectivity index (χ2v) is 5.48. The van der Waals surface area contributed by atoms with E-state index in [0.717, 1.165) is 30.0 Å². The number of aromatic nitrogens is 2. The van der Waals surface area contributed by atoms with Crippen LogP contribution in [0.4, 0.5) is 11.4 Å². The minimum Gasteiger partial charge on any atom is -0.383 e. The van der Waals surface area contributed by atoms with Crippen LogP contribution < -0.4 is 15.5 Å². The van der Waals surface area contributed by atoms with Crippen molar-refractivity contribution in [2.75, 3.05) is 56.8 Å². The van der Waals surface area contributed by atoms with Crippen molar-refractivity contribution in [3.63, 3.8) is 0 Å². The summed E-state index contributed by atoms with van der Waals surface area (Å²) in [6.07, 6.45) is 0. The van der Waals surface area contributed by atoms with E-state index >= 15 is 0 Å². The van der Waals surface area contributed by atoms with E-state index in [1.54, 1.807) is 7.11 Å². The van der Waals surface area contributed by atoms with Crippen molar-refractivity contribution in [1.29, 1.82) is 0 Å². The highest BCUT2D eigenvalue weighted by molar-refractivity contribution is 7.80. The Morgan fingerprint density at radius 2 is 2.09 bits per heavy atom. The second-order valence-electron chi connectivity index (χ2n) is 5.07. The molecule has 1 aliphatic rings. The molecule has 3 rings (SSSR count). The third-order valence-corrected chi connectivity index (χ3v) is 3.83. The van der Waals surface area contributed by atoms with Gasteiger partial charge < -0.3 is 25.0 Å². The molecule has 1 saturated heterocycles. The van der Waals surface area contributed by atoms with Crippen molar-refractivity contribution in [1.82, 2.24) is 15.6 Å². The van der Waals surface area contributed by atoms with Crippen molar-refractivity contribution in [3.8, 4) is 0 Å². The molecule has 8 nitrogen and oxygen atoms in total. The number of hydrogen-bond acceptors (Lipinski definition) is 7. The number of benzene rings is 1. The van der Waals surface area contributed by atoms with Gasteiger partial charge in [0.25, 0.3) is 0 Å². The number of ether oxygens (including phenoxy) is 2. The standard InChI is InChI=1S/C14H19N5O3S/c1-20-7-4-15-14(23)16-10-2-3-11(13-12(10)17-22-18-13)19-5-8-21-9-6-19/h2-3H,4-9H2,1H3,(H2,15,16,23). The maximum Gasteiger partial charge on any atom is 0.170 e. The van der Waals surface area contributed by atoms with Gasteiger partial charge in [0.05, 0.1) is 31.2 Å². The Kier molecular flexibility index (Phi) is 5.21. The average Bonchev–Trinajstić information content (AvgIpc) is 3.06. The van der Waals surface area contributed by atoms with Gasteiger partial charge in [-0.25, -0.2) is 4.63 Å². The fraction of sp³-hybridized carbons (Fsp3) is 0.500. The van der Waals surface area contributed by atoms with Gasteiger partial charge in [0, 0.05) is 26.7 Å². The number of methoxy groups -OCH3 is 1. The lowest BCUT2D eigenvalue weighted by Gasteiger charge is -2.28. The molecule has 0 unspecified atom stereocenters. The summed E-state index contributed by atoms with van der Waals surface area (Å²) in [6, 6.07) is 3.93. The van der Waals surface area contributed by atoms with Crippen LogP contribution in [0, 0.1) is 0 Å². The Bertz CT molecular complexity index is 671. The number of thiocarbonyl (C=S) groups is 1. The Morgan fingerprint density at radius 3 is 2.87 bits per heavy atom. The third-order valence-electron chi connectivity index (χ3n) is 3.59. The fourth-order valence-electron chi connectivity index (χ4n) is 2.45. The molecule has 1 fully saturated rings. The highest BCUT2D eigenvalue weighted by Crippen LogP contribution is 2.30. The first-order valence-electron chi connectivity index (χ1n) is 7.41. The van der Waals surface area contributed by atoms with Crippen LogP contribution in [0.1, 0.15) is 0 Å². The molecule has 1 aliphatic heterocycles. The molecule has 0 atom stereocenters. The zero-order valence-corrected chi connectivity index (χ0v) is 13.7. The van der Waals surface area contributed by atoms with E-state index in [1.807, 2.05) is 12.1 Å². The Hall–Kier alpha value is -1.97. The Labute approximate surface area is 139 Å². The van der Waals surface area contributed by atoms with E-state index < -0.39 is 0 Å². The van der Waals surface area contributed by atoms with Crippen molar-refractivity contribution in [2.24, 2.45) is 0 Å². The maximum absolute atomic E-state index is 5.39. The fourth-order valence-corrected chi connectivity index (χ4v) is 2.66. The summed E-state index contributed by atoms with van der Waals surface area (Å²) >= 11 is 5.26. The summed E-state index contributed by atoms with van der Waals surface area (Å²) in [6.45, 7) is 4.28. The highest BCUT2D eigenvalue weighted by Gasteiger charge is 2.19. The predicted octanol–water partition coefficient (Wildman–Crippen LogP) is 0.992. The lowest BCUT2D eigenvalue weighted by Crippen LogP contribution is -2.36. The molecular formula is C14H19N5O3S. The topological polar surface area (TPSA) is 84.7 Å². The van der Waals surface area contributed by atoms with Gasteiger partial charge in [-0.15, -0.1) is 0 Å². The molecule has 23 heavy (non-hydrogen) atoms. The summed E-state index contributed by atoms with van der Waals surface area (Å²) in [4.78, 5) is 2.22. The molecule has 2 N–H and O–H groups in total. The first-order chi connectivity index (χ1) is 11.3. The number of nitrogens with zero attached hydrogens (tertiary/aromatic N) is 3. The summed E-state index contributed by atoms with van der Waals surface area (Å²) < 4.78 is 15.3. The van der Waals surface area contributed by atoms with Gasteiger partial charge in [-0.05, 0) is 34.7 Å². The number of nitrogens with one attached hydrogen (secondary N) is 2. The lowest BCUT2D eigenvalue weighted by atomic mass is 10.2. The molecule has 0 radical (unpaired) electrons. The number of fused-ring (bicyclic) bond motifs is 1. The first-order valence-corrected chi connectivity index (χ1v) is 7.82. The minimum atomic E-state index is 0.505. The van der Waals surface area contributed by atoms with Crippen molar-refractivity contribution < 1.29 is 14.1 Å². The molecule has 124 valence electrons. The number of rotatable bonds is 5. The van der Waals surface area contributed by atoms with E-state index in [9.17, 15) is 0 Å². The van der Waals surface area contributed by atoms with Gasteiger partial charge in [0.15, 0.2) is 16.1 Å². The molecule has 0 spiro atoms. The maximum atomic E-state index is 5.39. The molecule has 0 saturated carbocycles. The number of hydrogen-bond donors (Lipinski definition) is 2. The molecule has 2 heterocycles. The quantitative estimate of drug-likeness (QED) is 0.613. The Morgan fingerprint density at radius 1 is 1.30 bits per heavy atom. The largest absolute Gasteiger partial charge is 0.383 e. The Balaban J connectivity index is 1.77. The third kappa shape index (κ3) is 3.69. The molecular weight excluding hydrogens is 318 g/mol. The zero-order chi connectivity index (χ0) is 16.1. The summed E-state index contributed by atoms with van der Waals surface area (Å²) in [5.41, 5.74) is 3.13. The van der Waals surface area contributed by atoms with Gasteiger partial charge in [-0.3, -0.25) is 0 Å². The number of morpholine rings is 1. The van der Waals surface area contributed by atoms with Crippen molar-refractivity contribution in [3.05, 3.63) is 12.1 Å². The average molecular weight is 337 g/mol. The highest BCUT2D eigenvalue weighted by atomic mass is 32.1. The summed E-state index contributed by atoms with van der Waals surface area (Å²) in [7, 11) is 1.65. The first kappa shape index (κ1) is 15.9. The molecule has 1 aromatic heterocycles. The second kappa shape index (κ2) is 7.53. The smallest absolute Gasteiger partial charge is 0.170 e. The summed E-state index contributed by atoms with van der Waals surface area (Å²) in [5.74, 6) is 0. The van der Waals surface area contributed by atoms with Crippen LogP contribution in [0.15, 0.2) is 16.8 Å². The van der Waals surface area contributed by atoms with Crippen LogP contribution in [0.3, 0.4) is 0 Å². The van der Waals surface area contributed by atoms with E-state index in [-0.39, 0.29) is 0 Å². The predicted molar refractivity (Wildman–Crippen MR) is 90.9 cm³/mol. The SMILES string of the molecule is COCCNC(=S)Nc1ccc(N2CCOCC2)c2nonc12. The molecule has 0 bridgehead atoms. The van der Waals surface area contributed by atoms with E-state index in [1.165, 1.54) is 0 Å². The van der Waals surface area contributed by atoms with Gasteiger partial charge >= 0.3 is 0 Å². The monoisotopic (exact) mass is 337 g/mol. The van der Waals surface area contributed by atoms with Crippen LogP contribution in [0.2, 0.25) is 0 Å². The van der Waals surface area contributed by atoms with Crippen LogP contribution in [-0.2, 0) is 9.47 Å². The zero-order valence-electron chi connectivity index (χ0n) is 12.9. The van der Waals surface area contributed by atoms with Gasteiger partial charge in [-0.2, -0.15) is 0 Å². The van der Waals surface area contributed by atoms with Gasteiger partial charge in [-0.1, -0.05) is 0 Å². The van der Waals surface area contributed by atoms with Gasteiger partial charge in [0.1, 0.15) is 0 Å².